The molecule has 0 N–H and O–H groups in total. The summed E-state index contributed by atoms with van der Waals surface area (Å²) in [6.45, 7) is 2.05. The number of benzene rings is 1. The van der Waals surface area contributed by atoms with Gasteiger partial charge in [0.1, 0.15) is 0 Å². The summed E-state index contributed by atoms with van der Waals surface area (Å²) in [5.41, 5.74) is 2.43. The Kier molecular flexibility index (Phi) is 4.16. The van der Waals surface area contributed by atoms with Gasteiger partial charge in [-0.25, -0.2) is 0 Å². The molecule has 0 fully saturated rings. The van der Waals surface area contributed by atoms with Crippen molar-refractivity contribution in [2.45, 2.75) is 26.2 Å². The molecule has 0 amide bonds. The fourth-order valence-corrected chi connectivity index (χ4v) is 1.82. The van der Waals surface area contributed by atoms with E-state index in [1.807, 2.05) is 6.92 Å². The molecule has 0 saturated heterocycles. The van der Waals surface area contributed by atoms with Crippen molar-refractivity contribution in [3.8, 4) is 12.1 Å². The Labute approximate surface area is 94.7 Å². The highest BCUT2D eigenvalue weighted by atomic mass is 35.5. The zero-order valence-corrected chi connectivity index (χ0v) is 9.30. The molecule has 0 saturated carbocycles. The second-order valence-electron chi connectivity index (χ2n) is 3.29. The minimum Gasteiger partial charge on any atom is -0.198 e. The first-order chi connectivity index (χ1) is 7.22. The Balaban J connectivity index is 3.29. The van der Waals surface area contributed by atoms with Crippen molar-refractivity contribution in [3.05, 3.63) is 33.8 Å². The molecule has 0 spiro atoms. The van der Waals surface area contributed by atoms with E-state index in [0.717, 1.165) is 24.0 Å². The van der Waals surface area contributed by atoms with Crippen molar-refractivity contribution in [1.82, 2.24) is 0 Å². The molecule has 76 valence electrons. The van der Waals surface area contributed by atoms with Gasteiger partial charge in [-0.05, 0) is 29.7 Å². The molecule has 0 aliphatic carbocycles. The average molecular weight is 219 g/mol. The summed E-state index contributed by atoms with van der Waals surface area (Å²) >= 11 is 5.88. The fourth-order valence-electron chi connectivity index (χ4n) is 1.58. The molecule has 1 aromatic carbocycles. The molecular formula is C12H11ClN2. The number of nitriles is 2. The van der Waals surface area contributed by atoms with E-state index in [9.17, 15) is 0 Å². The van der Waals surface area contributed by atoms with Crippen molar-refractivity contribution in [2.75, 3.05) is 0 Å². The SMILES string of the molecule is CCCc1c(C#N)cc(Cl)cc1CC#N. The highest BCUT2D eigenvalue weighted by Gasteiger charge is 2.09. The molecule has 0 aromatic heterocycles. The smallest absolute Gasteiger partial charge is 0.0995 e. The van der Waals surface area contributed by atoms with Gasteiger partial charge < -0.3 is 0 Å². The Morgan fingerprint density at radius 2 is 2.07 bits per heavy atom. The Bertz CT molecular complexity index is 438. The molecule has 0 unspecified atom stereocenters. The Morgan fingerprint density at radius 3 is 2.60 bits per heavy atom. The maximum Gasteiger partial charge on any atom is 0.0995 e. The Hall–Kier alpha value is -1.51. The van der Waals surface area contributed by atoms with Crippen LogP contribution in [0.4, 0.5) is 0 Å². The predicted octanol–water partition coefficient (Wildman–Crippen LogP) is 3.23. The van der Waals surface area contributed by atoms with E-state index >= 15 is 0 Å². The monoisotopic (exact) mass is 218 g/mol. The molecule has 0 aliphatic heterocycles. The van der Waals surface area contributed by atoms with Crippen LogP contribution in [0, 0.1) is 22.7 Å². The van der Waals surface area contributed by atoms with Crippen LogP contribution in [-0.2, 0) is 12.8 Å². The topological polar surface area (TPSA) is 47.6 Å². The third kappa shape index (κ3) is 2.72. The number of halogens is 1. The van der Waals surface area contributed by atoms with Crippen LogP contribution in [0.25, 0.3) is 0 Å². The molecule has 1 aromatic rings. The average Bonchev–Trinajstić information content (AvgIpc) is 2.22. The lowest BCUT2D eigenvalue weighted by Crippen LogP contribution is -1.97. The van der Waals surface area contributed by atoms with Gasteiger partial charge in [0.05, 0.1) is 24.1 Å². The van der Waals surface area contributed by atoms with Crippen molar-refractivity contribution in [3.63, 3.8) is 0 Å². The van der Waals surface area contributed by atoms with Gasteiger partial charge >= 0.3 is 0 Å². The third-order valence-corrected chi connectivity index (χ3v) is 2.42. The van der Waals surface area contributed by atoms with Crippen LogP contribution in [0.3, 0.4) is 0 Å². The first-order valence-corrected chi connectivity index (χ1v) is 5.19. The second-order valence-corrected chi connectivity index (χ2v) is 3.72. The van der Waals surface area contributed by atoms with Gasteiger partial charge in [0.25, 0.3) is 0 Å². The molecule has 0 heterocycles. The molecule has 0 bridgehead atoms. The zero-order chi connectivity index (χ0) is 11.3. The third-order valence-electron chi connectivity index (χ3n) is 2.20. The lowest BCUT2D eigenvalue weighted by molar-refractivity contribution is 0.903. The highest BCUT2D eigenvalue weighted by molar-refractivity contribution is 6.30. The van der Waals surface area contributed by atoms with Crippen LogP contribution in [0.5, 0.6) is 0 Å². The number of nitrogens with zero attached hydrogens (tertiary/aromatic N) is 2. The van der Waals surface area contributed by atoms with E-state index in [2.05, 4.69) is 12.1 Å². The Morgan fingerprint density at radius 1 is 1.33 bits per heavy atom. The summed E-state index contributed by atoms with van der Waals surface area (Å²) in [6, 6.07) is 7.65. The first-order valence-electron chi connectivity index (χ1n) is 4.81. The van der Waals surface area contributed by atoms with Gasteiger partial charge in [-0.15, -0.1) is 0 Å². The quantitative estimate of drug-likeness (QED) is 0.782. The zero-order valence-electron chi connectivity index (χ0n) is 8.55. The number of rotatable bonds is 3. The van der Waals surface area contributed by atoms with Gasteiger partial charge in [-0.3, -0.25) is 0 Å². The van der Waals surface area contributed by atoms with Crippen molar-refractivity contribution in [2.24, 2.45) is 0 Å². The molecule has 15 heavy (non-hydrogen) atoms. The largest absolute Gasteiger partial charge is 0.198 e. The lowest BCUT2D eigenvalue weighted by Gasteiger charge is -2.08. The lowest BCUT2D eigenvalue weighted by atomic mass is 9.96. The van der Waals surface area contributed by atoms with Crippen LogP contribution in [0.1, 0.15) is 30.0 Å². The number of hydrogen-bond donors (Lipinski definition) is 0. The van der Waals surface area contributed by atoms with Gasteiger partial charge in [-0.2, -0.15) is 10.5 Å². The van der Waals surface area contributed by atoms with Gasteiger partial charge in [0, 0.05) is 5.02 Å². The summed E-state index contributed by atoms with van der Waals surface area (Å²) in [6.07, 6.45) is 2.08. The van der Waals surface area contributed by atoms with E-state index in [1.165, 1.54) is 0 Å². The van der Waals surface area contributed by atoms with Gasteiger partial charge in [0.2, 0.25) is 0 Å². The molecule has 3 heteroatoms. The number of hydrogen-bond acceptors (Lipinski definition) is 2. The standard InChI is InChI=1S/C12H11ClN2/c1-2-3-12-9(4-5-14)6-11(13)7-10(12)8-15/h6-7H,2-4H2,1H3. The predicted molar refractivity (Wildman–Crippen MR) is 59.5 cm³/mol. The van der Waals surface area contributed by atoms with E-state index in [-0.39, 0.29) is 0 Å². The summed E-state index contributed by atoms with van der Waals surface area (Å²) in [7, 11) is 0. The molecule has 2 nitrogen and oxygen atoms in total. The summed E-state index contributed by atoms with van der Waals surface area (Å²) < 4.78 is 0. The molecular weight excluding hydrogens is 208 g/mol. The minimum absolute atomic E-state index is 0.310. The molecule has 0 radical (unpaired) electrons. The van der Waals surface area contributed by atoms with Crippen LogP contribution < -0.4 is 0 Å². The van der Waals surface area contributed by atoms with Gasteiger partial charge in [0.15, 0.2) is 0 Å². The van der Waals surface area contributed by atoms with Crippen LogP contribution in [0.15, 0.2) is 12.1 Å². The summed E-state index contributed by atoms with van der Waals surface area (Å²) in [4.78, 5) is 0. The molecule has 0 atom stereocenters. The van der Waals surface area contributed by atoms with E-state index in [1.54, 1.807) is 12.1 Å². The first kappa shape index (κ1) is 11.6. The fraction of sp³-hybridized carbons (Fsp3) is 0.333. The molecule has 1 rings (SSSR count). The summed E-state index contributed by atoms with van der Waals surface area (Å²) in [5, 5.41) is 18.2. The van der Waals surface area contributed by atoms with Crippen molar-refractivity contribution >= 4 is 11.6 Å². The van der Waals surface area contributed by atoms with Crippen molar-refractivity contribution < 1.29 is 0 Å². The van der Waals surface area contributed by atoms with Gasteiger partial charge in [-0.1, -0.05) is 24.9 Å². The van der Waals surface area contributed by atoms with Crippen LogP contribution >= 0.6 is 11.6 Å². The minimum atomic E-state index is 0.310. The van der Waals surface area contributed by atoms with E-state index in [0.29, 0.717) is 17.0 Å². The van der Waals surface area contributed by atoms with E-state index in [4.69, 9.17) is 22.1 Å². The maximum absolute atomic E-state index is 8.97. The van der Waals surface area contributed by atoms with Crippen LogP contribution in [0.2, 0.25) is 5.02 Å². The normalized spacial score (nSPS) is 9.33. The van der Waals surface area contributed by atoms with Crippen LogP contribution in [-0.4, -0.2) is 0 Å². The highest BCUT2D eigenvalue weighted by Crippen LogP contribution is 2.22. The maximum atomic E-state index is 8.97. The molecule has 0 aliphatic rings. The van der Waals surface area contributed by atoms with E-state index < -0.39 is 0 Å². The second kappa shape index (κ2) is 5.39. The van der Waals surface area contributed by atoms with Crippen molar-refractivity contribution in [1.29, 1.82) is 10.5 Å². The summed E-state index contributed by atoms with van der Waals surface area (Å²) in [5.74, 6) is 0.